The van der Waals surface area contributed by atoms with Crippen LogP contribution in [0.5, 0.6) is 0 Å². The largest absolute Gasteiger partial charge is 0.369 e. The van der Waals surface area contributed by atoms with Crippen molar-refractivity contribution < 1.29 is 5.21 Å². The number of nitriles is 1. The van der Waals surface area contributed by atoms with E-state index in [0.717, 1.165) is 0 Å². The fourth-order valence-electron chi connectivity index (χ4n) is 3.02. The maximum absolute atomic E-state index is 10.4. The van der Waals surface area contributed by atoms with Crippen LogP contribution in [0, 0.1) is 11.5 Å². The summed E-state index contributed by atoms with van der Waals surface area (Å²) in [5.74, 6) is 0.109. The summed E-state index contributed by atoms with van der Waals surface area (Å²) in [6.07, 6.45) is 5.92. The van der Waals surface area contributed by atoms with Gasteiger partial charge < -0.3 is 10.9 Å². The molecule has 1 saturated heterocycles. The van der Waals surface area contributed by atoms with Crippen molar-refractivity contribution in [2.75, 3.05) is 0 Å². The second-order valence-corrected chi connectivity index (χ2v) is 6.64. The van der Waals surface area contributed by atoms with E-state index in [1.54, 1.807) is 24.5 Å². The third-order valence-electron chi connectivity index (χ3n) is 4.20. The normalized spacial score (nSPS) is 24.0. The smallest absolute Gasteiger partial charge is 0.210 e. The molecule has 0 amide bonds. The molecule has 22 heavy (non-hydrogen) atoms. The van der Waals surface area contributed by atoms with E-state index in [0.29, 0.717) is 12.1 Å². The van der Waals surface area contributed by atoms with Crippen LogP contribution in [0.15, 0.2) is 29.5 Å². The Balaban J connectivity index is 2.33. The molecule has 0 radical (unpaired) electrons. The summed E-state index contributed by atoms with van der Waals surface area (Å²) in [5, 5.41) is 21.2. The molecule has 1 unspecified atom stereocenters. The van der Waals surface area contributed by atoms with Gasteiger partial charge in [-0.1, -0.05) is 0 Å². The molecule has 7 heteroatoms. The number of pyridine rings is 1. The van der Waals surface area contributed by atoms with Gasteiger partial charge in [0.2, 0.25) is 5.96 Å². The first-order chi connectivity index (χ1) is 10.2. The number of aromatic nitrogens is 1. The average molecular weight is 302 g/mol. The maximum Gasteiger partial charge on any atom is 0.210 e. The van der Waals surface area contributed by atoms with Crippen molar-refractivity contribution in [2.45, 2.75) is 51.2 Å². The summed E-state index contributed by atoms with van der Waals surface area (Å²) in [4.78, 5) is 9.56. The maximum atomic E-state index is 10.4. The molecule has 2 rings (SSSR count). The van der Waals surface area contributed by atoms with E-state index < -0.39 is 11.1 Å². The minimum absolute atomic E-state index is 0.109. The second kappa shape index (κ2) is 5.55. The number of hydroxylamine groups is 2. The van der Waals surface area contributed by atoms with Crippen molar-refractivity contribution in [3.05, 3.63) is 24.5 Å². The third-order valence-corrected chi connectivity index (χ3v) is 4.20. The highest BCUT2D eigenvalue weighted by molar-refractivity contribution is 5.82. The van der Waals surface area contributed by atoms with Gasteiger partial charge in [0.1, 0.15) is 0 Å². The molecule has 0 saturated carbocycles. The van der Waals surface area contributed by atoms with Crippen molar-refractivity contribution in [2.24, 2.45) is 10.7 Å². The van der Waals surface area contributed by atoms with Crippen LogP contribution in [0.1, 0.15) is 34.1 Å². The van der Waals surface area contributed by atoms with E-state index in [1.807, 2.05) is 27.7 Å². The molecule has 1 aromatic rings. The fourth-order valence-corrected chi connectivity index (χ4v) is 3.02. The van der Waals surface area contributed by atoms with E-state index >= 15 is 0 Å². The number of nitrogens with zero attached hydrogens (tertiary/aromatic N) is 5. The number of guanidine groups is 1. The van der Waals surface area contributed by atoms with Gasteiger partial charge in [0.25, 0.3) is 0 Å². The molecule has 0 aliphatic carbocycles. The van der Waals surface area contributed by atoms with Gasteiger partial charge in [0, 0.05) is 17.9 Å². The van der Waals surface area contributed by atoms with Crippen LogP contribution in [0.4, 0.5) is 5.69 Å². The van der Waals surface area contributed by atoms with Crippen molar-refractivity contribution in [1.82, 2.24) is 14.9 Å². The Labute approximate surface area is 130 Å². The SMILES string of the molecule is CC1(C)CC(N(C#N)C(N)=Nc2ccncc2)C(C)(C)N1O. The van der Waals surface area contributed by atoms with Crippen LogP contribution < -0.4 is 5.73 Å². The first-order valence-electron chi connectivity index (χ1n) is 7.12. The third kappa shape index (κ3) is 2.75. The number of rotatable bonds is 2. The van der Waals surface area contributed by atoms with Gasteiger partial charge in [-0.2, -0.15) is 10.3 Å². The zero-order valence-electron chi connectivity index (χ0n) is 13.4. The summed E-state index contributed by atoms with van der Waals surface area (Å²) in [6, 6.07) is 3.15. The van der Waals surface area contributed by atoms with Gasteiger partial charge in [-0.3, -0.25) is 4.98 Å². The van der Waals surface area contributed by atoms with Crippen LogP contribution in [0.3, 0.4) is 0 Å². The molecule has 1 aromatic heterocycles. The van der Waals surface area contributed by atoms with E-state index in [1.165, 1.54) is 9.96 Å². The van der Waals surface area contributed by atoms with Gasteiger partial charge >= 0.3 is 0 Å². The van der Waals surface area contributed by atoms with Gasteiger partial charge in [0.15, 0.2) is 6.19 Å². The molecule has 1 atom stereocenters. The number of hydrogen-bond donors (Lipinski definition) is 2. The highest BCUT2D eigenvalue weighted by Gasteiger charge is 2.54. The molecule has 7 nitrogen and oxygen atoms in total. The van der Waals surface area contributed by atoms with Gasteiger partial charge in [-0.25, -0.2) is 9.89 Å². The van der Waals surface area contributed by atoms with Crippen molar-refractivity contribution in [3.8, 4) is 6.19 Å². The topological polar surface area (TPSA) is 102 Å². The standard InChI is InChI=1S/C15H22N6O/c1-14(2)9-12(15(3,4)21(14)22)20(10-16)13(17)19-11-5-7-18-8-6-11/h5-8,12,22H,9H2,1-4H3,(H2,17,18,19). The van der Waals surface area contributed by atoms with E-state index in [4.69, 9.17) is 5.73 Å². The average Bonchev–Trinajstić information content (AvgIpc) is 2.61. The summed E-state index contributed by atoms with van der Waals surface area (Å²) in [6.45, 7) is 7.63. The van der Waals surface area contributed by atoms with Crippen LogP contribution in [0.25, 0.3) is 0 Å². The predicted octanol–water partition coefficient (Wildman–Crippen LogP) is 1.83. The van der Waals surface area contributed by atoms with E-state index in [2.05, 4.69) is 16.2 Å². The lowest BCUT2D eigenvalue weighted by atomic mass is 9.93. The van der Waals surface area contributed by atoms with Crippen molar-refractivity contribution in [1.29, 1.82) is 5.26 Å². The summed E-state index contributed by atoms with van der Waals surface area (Å²) >= 11 is 0. The molecule has 1 fully saturated rings. The lowest BCUT2D eigenvalue weighted by molar-refractivity contribution is -0.195. The first-order valence-corrected chi connectivity index (χ1v) is 7.12. The number of aliphatic imine (C=N–C) groups is 1. The van der Waals surface area contributed by atoms with Crippen molar-refractivity contribution >= 4 is 11.6 Å². The van der Waals surface area contributed by atoms with Crippen LogP contribution in [-0.4, -0.2) is 43.2 Å². The monoisotopic (exact) mass is 302 g/mol. The second-order valence-electron chi connectivity index (χ2n) is 6.64. The molecule has 1 aliphatic heterocycles. The van der Waals surface area contributed by atoms with Crippen molar-refractivity contribution in [3.63, 3.8) is 0 Å². The first kappa shape index (κ1) is 16.2. The van der Waals surface area contributed by atoms with Crippen LogP contribution >= 0.6 is 0 Å². The van der Waals surface area contributed by atoms with E-state index in [9.17, 15) is 10.5 Å². The van der Waals surface area contributed by atoms with E-state index in [-0.39, 0.29) is 12.0 Å². The lowest BCUT2D eigenvalue weighted by Gasteiger charge is -2.37. The Morgan fingerprint density at radius 3 is 2.50 bits per heavy atom. The number of hydrogen-bond acceptors (Lipinski definition) is 5. The molecule has 0 aromatic carbocycles. The van der Waals surface area contributed by atoms with Crippen LogP contribution in [0.2, 0.25) is 0 Å². The molecule has 1 aliphatic rings. The predicted molar refractivity (Wildman–Crippen MR) is 83.2 cm³/mol. The summed E-state index contributed by atoms with van der Waals surface area (Å²) in [7, 11) is 0. The molecule has 2 heterocycles. The summed E-state index contributed by atoms with van der Waals surface area (Å²) in [5.41, 5.74) is 5.59. The number of nitrogens with two attached hydrogens (primary N) is 1. The quantitative estimate of drug-likeness (QED) is 0.374. The Hall–Kier alpha value is -2.17. The molecule has 118 valence electrons. The summed E-state index contributed by atoms with van der Waals surface area (Å²) < 4.78 is 0. The fraction of sp³-hybridized carbons (Fsp3) is 0.533. The van der Waals surface area contributed by atoms with Gasteiger partial charge in [0.05, 0.1) is 17.3 Å². The Bertz CT molecular complexity index is 604. The molecule has 0 bridgehead atoms. The Kier molecular flexibility index (Phi) is 4.09. The molecule has 3 N–H and O–H groups in total. The molecular weight excluding hydrogens is 280 g/mol. The zero-order valence-corrected chi connectivity index (χ0v) is 13.4. The van der Waals surface area contributed by atoms with Gasteiger partial charge in [-0.05, 0) is 46.2 Å². The minimum Gasteiger partial charge on any atom is -0.369 e. The Morgan fingerprint density at radius 2 is 2.05 bits per heavy atom. The Morgan fingerprint density at radius 1 is 1.45 bits per heavy atom. The zero-order chi connectivity index (χ0) is 16.5. The highest BCUT2D eigenvalue weighted by Crippen LogP contribution is 2.41. The lowest BCUT2D eigenvalue weighted by Crippen LogP contribution is -2.54. The molecular formula is C15H22N6O. The van der Waals surface area contributed by atoms with Gasteiger partial charge in [-0.15, -0.1) is 0 Å². The van der Waals surface area contributed by atoms with Crippen LogP contribution in [-0.2, 0) is 0 Å². The molecule has 0 spiro atoms. The minimum atomic E-state index is -0.627. The highest BCUT2D eigenvalue weighted by atomic mass is 16.5.